The molecule has 1 aromatic rings. The van der Waals surface area contributed by atoms with Gasteiger partial charge in [-0.15, -0.1) is 0 Å². The molecule has 2 amide bonds. The highest BCUT2D eigenvalue weighted by atomic mass is 19.1. The molecule has 2 heterocycles. The van der Waals surface area contributed by atoms with Crippen LogP contribution in [0.2, 0.25) is 0 Å². The van der Waals surface area contributed by atoms with E-state index in [1.807, 2.05) is 32.6 Å². The van der Waals surface area contributed by atoms with Gasteiger partial charge in [0.25, 0.3) is 0 Å². The summed E-state index contributed by atoms with van der Waals surface area (Å²) in [5.74, 6) is -0.571. The molecule has 1 atom stereocenters. The second kappa shape index (κ2) is 12.2. The van der Waals surface area contributed by atoms with Gasteiger partial charge >= 0.3 is 6.09 Å². The first-order valence-electron chi connectivity index (χ1n) is 9.89. The number of ether oxygens (including phenoxy) is 2. The van der Waals surface area contributed by atoms with Crippen molar-refractivity contribution in [2.45, 2.75) is 40.7 Å². The molecule has 1 unspecified atom stereocenters. The Kier molecular flexibility index (Phi) is 10.3. The van der Waals surface area contributed by atoms with Gasteiger partial charge in [0, 0.05) is 20.0 Å². The number of hydrogen-bond donors (Lipinski definition) is 1. The Labute approximate surface area is 166 Å². The first-order valence-corrected chi connectivity index (χ1v) is 9.89. The molecule has 1 N–H and O–H groups in total. The minimum atomic E-state index is -0.538. The molecule has 1 aromatic carbocycles. The maximum absolute atomic E-state index is 14.4. The second-order valence-electron chi connectivity index (χ2n) is 5.79. The standard InChI is InChI=1S/C16H20FN3O4.2C2H6/c1-11(21)18-9-13-10-20(16(22)24-13)12-2-3-15(14(17)8-12)19-4-6-23-7-5-19;2*1-2/h2-3,8,13H,4-7,9-10H2,1H3,(H,18,21);2*1-2H3. The van der Waals surface area contributed by atoms with Crippen molar-refractivity contribution in [2.75, 3.05) is 49.2 Å². The van der Waals surface area contributed by atoms with Crippen molar-refractivity contribution >= 4 is 23.4 Å². The molecule has 2 fully saturated rings. The molecular formula is C20H32FN3O4. The Bertz CT molecular complexity index is 636. The normalized spacial score (nSPS) is 18.4. The Morgan fingerprint density at radius 1 is 1.21 bits per heavy atom. The zero-order valence-electron chi connectivity index (χ0n) is 17.5. The molecule has 28 heavy (non-hydrogen) atoms. The van der Waals surface area contributed by atoms with Gasteiger partial charge in [-0.25, -0.2) is 9.18 Å². The van der Waals surface area contributed by atoms with E-state index in [0.717, 1.165) is 0 Å². The van der Waals surface area contributed by atoms with Crippen molar-refractivity contribution in [3.8, 4) is 0 Å². The van der Waals surface area contributed by atoms with Gasteiger partial charge in [-0.1, -0.05) is 27.7 Å². The number of carbonyl (C=O) groups is 2. The van der Waals surface area contributed by atoms with Crippen LogP contribution < -0.4 is 15.1 Å². The lowest BCUT2D eigenvalue weighted by atomic mass is 10.2. The predicted molar refractivity (Wildman–Crippen MR) is 108 cm³/mol. The highest BCUT2D eigenvalue weighted by Gasteiger charge is 2.32. The van der Waals surface area contributed by atoms with Crippen LogP contribution in [0.25, 0.3) is 0 Å². The number of cyclic esters (lactones) is 1. The van der Waals surface area contributed by atoms with E-state index < -0.39 is 12.2 Å². The molecule has 7 nitrogen and oxygen atoms in total. The lowest BCUT2D eigenvalue weighted by molar-refractivity contribution is -0.119. The van der Waals surface area contributed by atoms with Crippen molar-refractivity contribution in [3.63, 3.8) is 0 Å². The number of carbonyl (C=O) groups excluding carboxylic acids is 2. The fraction of sp³-hybridized carbons (Fsp3) is 0.600. The van der Waals surface area contributed by atoms with Crippen LogP contribution in [-0.4, -0.2) is 57.5 Å². The molecule has 2 aliphatic heterocycles. The highest BCUT2D eigenvalue weighted by molar-refractivity contribution is 5.90. The number of benzene rings is 1. The summed E-state index contributed by atoms with van der Waals surface area (Å²) in [6.07, 6.45) is -0.979. The van der Waals surface area contributed by atoms with Crippen molar-refractivity contribution in [1.29, 1.82) is 0 Å². The number of hydrogen-bond acceptors (Lipinski definition) is 5. The summed E-state index contributed by atoms with van der Waals surface area (Å²) in [6, 6.07) is 4.72. The van der Waals surface area contributed by atoms with E-state index in [2.05, 4.69) is 5.32 Å². The zero-order valence-corrected chi connectivity index (χ0v) is 17.5. The summed E-state index contributed by atoms with van der Waals surface area (Å²) in [7, 11) is 0. The monoisotopic (exact) mass is 397 g/mol. The first-order chi connectivity index (χ1) is 13.5. The van der Waals surface area contributed by atoms with E-state index in [0.29, 0.717) is 37.7 Å². The van der Waals surface area contributed by atoms with Crippen molar-refractivity contribution in [3.05, 3.63) is 24.0 Å². The molecular weight excluding hydrogens is 365 g/mol. The summed E-state index contributed by atoms with van der Waals surface area (Å²) < 4.78 is 24.9. The van der Waals surface area contributed by atoms with E-state index >= 15 is 0 Å². The van der Waals surface area contributed by atoms with Gasteiger partial charge in [-0.3, -0.25) is 9.69 Å². The summed E-state index contributed by atoms with van der Waals surface area (Å²) in [4.78, 5) is 26.2. The molecule has 0 aromatic heterocycles. The maximum atomic E-state index is 14.4. The quantitative estimate of drug-likeness (QED) is 0.845. The third kappa shape index (κ3) is 6.37. The predicted octanol–water partition coefficient (Wildman–Crippen LogP) is 3.18. The molecule has 0 bridgehead atoms. The van der Waals surface area contributed by atoms with Gasteiger partial charge in [-0.2, -0.15) is 0 Å². The molecule has 8 heteroatoms. The van der Waals surface area contributed by atoms with Crippen molar-refractivity contribution in [1.82, 2.24) is 5.32 Å². The van der Waals surface area contributed by atoms with Crippen LogP contribution in [-0.2, 0) is 14.3 Å². The molecule has 2 aliphatic rings. The molecule has 158 valence electrons. The van der Waals surface area contributed by atoms with Gasteiger partial charge in [0.15, 0.2) is 0 Å². The molecule has 0 radical (unpaired) electrons. The van der Waals surface area contributed by atoms with Crippen LogP contribution in [0.3, 0.4) is 0 Å². The van der Waals surface area contributed by atoms with Crippen LogP contribution >= 0.6 is 0 Å². The maximum Gasteiger partial charge on any atom is 0.414 e. The number of anilines is 2. The Hall–Kier alpha value is -2.35. The van der Waals surface area contributed by atoms with E-state index in [1.54, 1.807) is 12.1 Å². The van der Waals surface area contributed by atoms with E-state index in [-0.39, 0.29) is 24.8 Å². The second-order valence-corrected chi connectivity index (χ2v) is 5.79. The number of rotatable bonds is 4. The highest BCUT2D eigenvalue weighted by Crippen LogP contribution is 2.28. The third-order valence-corrected chi connectivity index (χ3v) is 4.05. The van der Waals surface area contributed by atoms with Crippen LogP contribution in [0.1, 0.15) is 34.6 Å². The average Bonchev–Trinajstić information content (AvgIpc) is 3.10. The molecule has 0 spiro atoms. The van der Waals surface area contributed by atoms with Gasteiger partial charge in [0.1, 0.15) is 11.9 Å². The number of morpholine rings is 1. The topological polar surface area (TPSA) is 71.1 Å². The van der Waals surface area contributed by atoms with Gasteiger partial charge in [0.2, 0.25) is 5.91 Å². The molecule has 3 rings (SSSR count). The largest absolute Gasteiger partial charge is 0.442 e. The van der Waals surface area contributed by atoms with Crippen LogP contribution in [0, 0.1) is 5.82 Å². The minimum Gasteiger partial charge on any atom is -0.442 e. The lowest BCUT2D eigenvalue weighted by Crippen LogP contribution is -2.36. The summed E-state index contributed by atoms with van der Waals surface area (Å²) >= 11 is 0. The molecule has 0 aliphatic carbocycles. The average molecular weight is 397 g/mol. The van der Waals surface area contributed by atoms with Gasteiger partial charge in [0.05, 0.1) is 37.7 Å². The van der Waals surface area contributed by atoms with Gasteiger partial charge < -0.3 is 19.7 Å². The smallest absolute Gasteiger partial charge is 0.414 e. The summed E-state index contributed by atoms with van der Waals surface area (Å²) in [5, 5.41) is 2.61. The Morgan fingerprint density at radius 2 is 1.86 bits per heavy atom. The third-order valence-electron chi connectivity index (χ3n) is 4.05. The number of amides is 2. The fourth-order valence-corrected chi connectivity index (χ4v) is 2.82. The Morgan fingerprint density at radius 3 is 2.43 bits per heavy atom. The van der Waals surface area contributed by atoms with E-state index in [9.17, 15) is 14.0 Å². The molecule has 2 saturated heterocycles. The van der Waals surface area contributed by atoms with Crippen LogP contribution in [0.15, 0.2) is 18.2 Å². The first kappa shape index (κ1) is 23.7. The van der Waals surface area contributed by atoms with Crippen molar-refractivity contribution in [2.24, 2.45) is 0 Å². The Balaban J connectivity index is 0.000000921. The van der Waals surface area contributed by atoms with Crippen LogP contribution in [0.4, 0.5) is 20.6 Å². The van der Waals surface area contributed by atoms with Gasteiger partial charge in [-0.05, 0) is 18.2 Å². The minimum absolute atomic E-state index is 0.189. The number of nitrogens with one attached hydrogen (secondary N) is 1. The molecule has 0 saturated carbocycles. The van der Waals surface area contributed by atoms with E-state index in [4.69, 9.17) is 9.47 Å². The lowest BCUT2D eigenvalue weighted by Gasteiger charge is -2.29. The SMILES string of the molecule is CC.CC.CC(=O)NCC1CN(c2ccc(N3CCOCC3)c(F)c2)C(=O)O1. The fourth-order valence-electron chi connectivity index (χ4n) is 2.82. The number of halogens is 1. The van der Waals surface area contributed by atoms with Crippen molar-refractivity contribution < 1.29 is 23.5 Å². The zero-order chi connectivity index (χ0) is 21.1. The summed E-state index contributed by atoms with van der Waals surface area (Å²) in [6.45, 7) is 12.3. The summed E-state index contributed by atoms with van der Waals surface area (Å²) in [5.41, 5.74) is 0.948. The number of nitrogens with zero attached hydrogens (tertiary/aromatic N) is 2. The van der Waals surface area contributed by atoms with E-state index in [1.165, 1.54) is 17.9 Å². The van der Waals surface area contributed by atoms with Crippen LogP contribution in [0.5, 0.6) is 0 Å².